The molecule has 0 aliphatic heterocycles. The molecule has 0 amide bonds. The van der Waals surface area contributed by atoms with Crippen molar-refractivity contribution in [2.75, 3.05) is 0 Å². The molecule has 0 bridgehead atoms. The van der Waals surface area contributed by atoms with Crippen molar-refractivity contribution in [1.82, 2.24) is 5.32 Å². The molecule has 1 nitrogen and oxygen atoms in total. The fourth-order valence-electron chi connectivity index (χ4n) is 2.61. The predicted molar refractivity (Wildman–Crippen MR) is 93.3 cm³/mol. The van der Waals surface area contributed by atoms with Gasteiger partial charge in [-0.15, -0.1) is 0 Å². The average molecular weight is 340 g/mol. The monoisotopic (exact) mass is 339 g/mol. The maximum atomic E-state index is 3.61. The van der Waals surface area contributed by atoms with E-state index in [-0.39, 0.29) is 0 Å². The van der Waals surface area contributed by atoms with E-state index in [0.717, 1.165) is 11.0 Å². The number of halogens is 1. The van der Waals surface area contributed by atoms with Gasteiger partial charge in [0.1, 0.15) is 0 Å². The molecule has 0 unspecified atom stereocenters. The van der Waals surface area contributed by atoms with Crippen LogP contribution in [0.2, 0.25) is 0 Å². The number of benzene rings is 3. The highest BCUT2D eigenvalue weighted by molar-refractivity contribution is 9.10. The molecule has 106 valence electrons. The fourth-order valence-corrected chi connectivity index (χ4v) is 2.88. The van der Waals surface area contributed by atoms with Crippen molar-refractivity contribution in [2.24, 2.45) is 0 Å². The molecule has 3 rings (SSSR count). The summed E-state index contributed by atoms with van der Waals surface area (Å²) in [6.07, 6.45) is 0. The number of nitrogens with one attached hydrogen (secondary N) is 1. The van der Waals surface area contributed by atoms with Gasteiger partial charge in [0, 0.05) is 17.1 Å². The van der Waals surface area contributed by atoms with Gasteiger partial charge in [-0.3, -0.25) is 0 Å². The molecule has 0 fully saturated rings. The number of fused-ring (bicyclic) bond motifs is 1. The van der Waals surface area contributed by atoms with Crippen LogP contribution in [0.15, 0.2) is 71.2 Å². The molecule has 0 aromatic heterocycles. The Morgan fingerprint density at radius 1 is 0.905 bits per heavy atom. The van der Waals surface area contributed by atoms with Crippen molar-refractivity contribution in [3.05, 3.63) is 82.3 Å². The van der Waals surface area contributed by atoms with Crippen molar-refractivity contribution in [1.29, 1.82) is 0 Å². The normalized spacial score (nSPS) is 12.5. The van der Waals surface area contributed by atoms with Gasteiger partial charge >= 0.3 is 0 Å². The van der Waals surface area contributed by atoms with Crippen LogP contribution in [0, 0.1) is 0 Å². The van der Waals surface area contributed by atoms with Crippen LogP contribution < -0.4 is 5.32 Å². The predicted octanol–water partition coefficient (Wildman–Crippen LogP) is 5.45. The van der Waals surface area contributed by atoms with Crippen LogP contribution in [0.3, 0.4) is 0 Å². The lowest BCUT2D eigenvalue weighted by Crippen LogP contribution is -2.18. The van der Waals surface area contributed by atoms with E-state index in [2.05, 4.69) is 94.9 Å². The topological polar surface area (TPSA) is 12.0 Å². The molecule has 0 radical (unpaired) electrons. The summed E-state index contributed by atoms with van der Waals surface area (Å²) in [4.78, 5) is 0. The first-order valence-corrected chi connectivity index (χ1v) is 7.99. The summed E-state index contributed by atoms with van der Waals surface area (Å²) in [6, 6.07) is 23.8. The lowest BCUT2D eigenvalue weighted by atomic mass is 9.99. The zero-order chi connectivity index (χ0) is 14.7. The van der Waals surface area contributed by atoms with E-state index in [9.17, 15) is 0 Å². The molecule has 21 heavy (non-hydrogen) atoms. The van der Waals surface area contributed by atoms with E-state index >= 15 is 0 Å². The van der Waals surface area contributed by atoms with Crippen LogP contribution in [0.4, 0.5) is 0 Å². The molecule has 0 spiro atoms. The molecule has 1 atom stereocenters. The van der Waals surface area contributed by atoms with Crippen LogP contribution in [-0.2, 0) is 6.54 Å². The van der Waals surface area contributed by atoms with Gasteiger partial charge < -0.3 is 5.32 Å². The van der Waals surface area contributed by atoms with Crippen LogP contribution in [0.1, 0.15) is 24.1 Å². The van der Waals surface area contributed by atoms with Gasteiger partial charge in [0.25, 0.3) is 0 Å². The Labute approximate surface area is 134 Å². The molecular weight excluding hydrogens is 322 g/mol. The lowest BCUT2D eigenvalue weighted by Gasteiger charge is -2.16. The smallest absolute Gasteiger partial charge is 0.0301 e. The molecule has 0 aliphatic rings. The van der Waals surface area contributed by atoms with Crippen LogP contribution in [0.25, 0.3) is 10.8 Å². The highest BCUT2D eigenvalue weighted by Gasteiger charge is 2.08. The first-order valence-electron chi connectivity index (χ1n) is 7.19. The standard InChI is InChI=1S/C19H18BrN/c1-14(21-13-15-9-11-17(20)12-10-15)18-8-4-6-16-5-2-3-7-19(16)18/h2-12,14,21H,13H2,1H3/t14-/m1/s1. The minimum Gasteiger partial charge on any atom is -0.306 e. The van der Waals surface area contributed by atoms with Crippen LogP contribution in [0.5, 0.6) is 0 Å². The zero-order valence-corrected chi connectivity index (χ0v) is 13.6. The second kappa shape index (κ2) is 6.42. The van der Waals surface area contributed by atoms with Gasteiger partial charge in [0.15, 0.2) is 0 Å². The summed E-state index contributed by atoms with van der Waals surface area (Å²) in [5, 5.41) is 6.24. The highest BCUT2D eigenvalue weighted by atomic mass is 79.9. The molecule has 2 heteroatoms. The number of rotatable bonds is 4. The summed E-state index contributed by atoms with van der Waals surface area (Å²) < 4.78 is 1.12. The van der Waals surface area contributed by atoms with E-state index in [1.54, 1.807) is 0 Å². The summed E-state index contributed by atoms with van der Waals surface area (Å²) in [6.45, 7) is 3.10. The lowest BCUT2D eigenvalue weighted by molar-refractivity contribution is 0.578. The van der Waals surface area contributed by atoms with Gasteiger partial charge in [-0.1, -0.05) is 70.5 Å². The maximum absolute atomic E-state index is 3.61. The Morgan fingerprint density at radius 3 is 2.43 bits per heavy atom. The van der Waals surface area contributed by atoms with E-state index in [0.29, 0.717) is 6.04 Å². The van der Waals surface area contributed by atoms with Gasteiger partial charge in [-0.05, 0) is 41.0 Å². The molecule has 0 saturated carbocycles. The zero-order valence-electron chi connectivity index (χ0n) is 12.0. The van der Waals surface area contributed by atoms with E-state index in [4.69, 9.17) is 0 Å². The Morgan fingerprint density at radius 2 is 1.62 bits per heavy atom. The quantitative estimate of drug-likeness (QED) is 0.666. The summed E-state index contributed by atoms with van der Waals surface area (Å²) in [5.41, 5.74) is 2.65. The molecule has 3 aromatic carbocycles. The molecule has 0 aliphatic carbocycles. The molecule has 3 aromatic rings. The second-order valence-electron chi connectivity index (χ2n) is 5.30. The third-order valence-corrected chi connectivity index (χ3v) is 4.34. The highest BCUT2D eigenvalue weighted by Crippen LogP contribution is 2.24. The van der Waals surface area contributed by atoms with E-state index in [1.165, 1.54) is 21.9 Å². The summed E-state index contributed by atoms with van der Waals surface area (Å²) in [5.74, 6) is 0. The minimum atomic E-state index is 0.319. The van der Waals surface area contributed by atoms with Gasteiger partial charge in [-0.25, -0.2) is 0 Å². The SMILES string of the molecule is C[C@@H](NCc1ccc(Br)cc1)c1cccc2ccccc12. The average Bonchev–Trinajstić information content (AvgIpc) is 2.53. The summed E-state index contributed by atoms with van der Waals surface area (Å²) in [7, 11) is 0. The van der Waals surface area contributed by atoms with E-state index in [1.807, 2.05) is 0 Å². The Bertz CT molecular complexity index is 729. The van der Waals surface area contributed by atoms with Crippen molar-refractivity contribution < 1.29 is 0 Å². The molecule has 0 saturated heterocycles. The van der Waals surface area contributed by atoms with Crippen molar-refractivity contribution in [3.8, 4) is 0 Å². The van der Waals surface area contributed by atoms with E-state index < -0.39 is 0 Å². The Kier molecular flexibility index (Phi) is 4.37. The van der Waals surface area contributed by atoms with Gasteiger partial charge in [-0.2, -0.15) is 0 Å². The van der Waals surface area contributed by atoms with Crippen LogP contribution >= 0.6 is 15.9 Å². The maximum Gasteiger partial charge on any atom is 0.0301 e. The van der Waals surface area contributed by atoms with Gasteiger partial charge in [0.2, 0.25) is 0 Å². The van der Waals surface area contributed by atoms with Gasteiger partial charge in [0.05, 0.1) is 0 Å². The number of hydrogen-bond acceptors (Lipinski definition) is 1. The third kappa shape index (κ3) is 3.34. The van der Waals surface area contributed by atoms with Crippen molar-refractivity contribution in [3.63, 3.8) is 0 Å². The molecule has 1 N–H and O–H groups in total. The summed E-state index contributed by atoms with van der Waals surface area (Å²) >= 11 is 3.47. The first-order chi connectivity index (χ1) is 10.2. The Balaban J connectivity index is 1.78. The molecular formula is C19H18BrN. The second-order valence-corrected chi connectivity index (χ2v) is 6.21. The molecule has 0 heterocycles. The first kappa shape index (κ1) is 14.3. The van der Waals surface area contributed by atoms with Crippen molar-refractivity contribution in [2.45, 2.75) is 19.5 Å². The van der Waals surface area contributed by atoms with Crippen LogP contribution in [-0.4, -0.2) is 0 Å². The third-order valence-electron chi connectivity index (χ3n) is 3.82. The largest absolute Gasteiger partial charge is 0.306 e. The van der Waals surface area contributed by atoms with Crippen molar-refractivity contribution >= 4 is 26.7 Å². The fraction of sp³-hybridized carbons (Fsp3) is 0.158. The number of hydrogen-bond donors (Lipinski definition) is 1. The minimum absolute atomic E-state index is 0.319. The Hall–Kier alpha value is -1.64.